The number of amides is 2. The molecule has 1 heterocycles. The molecule has 1 atom stereocenters. The Morgan fingerprint density at radius 2 is 1.92 bits per heavy atom. The van der Waals surface area contributed by atoms with Crippen LogP contribution in [0.2, 0.25) is 0 Å². The first-order chi connectivity index (χ1) is 12.0. The van der Waals surface area contributed by atoms with Gasteiger partial charge in [0.2, 0.25) is 5.91 Å². The van der Waals surface area contributed by atoms with Crippen LogP contribution in [0.3, 0.4) is 0 Å². The molecule has 2 amide bonds. The van der Waals surface area contributed by atoms with Gasteiger partial charge in [0.15, 0.2) is 6.61 Å². The predicted molar refractivity (Wildman–Crippen MR) is 96.8 cm³/mol. The van der Waals surface area contributed by atoms with Crippen molar-refractivity contribution in [1.82, 2.24) is 5.32 Å². The molecular weight excluding hydrogens is 316 g/mol. The van der Waals surface area contributed by atoms with E-state index in [2.05, 4.69) is 5.32 Å². The summed E-state index contributed by atoms with van der Waals surface area (Å²) in [6, 6.07) is 15.2. The molecule has 0 saturated carbocycles. The van der Waals surface area contributed by atoms with Crippen LogP contribution in [0.15, 0.2) is 48.5 Å². The van der Waals surface area contributed by atoms with Crippen molar-refractivity contribution in [1.29, 1.82) is 0 Å². The first-order valence-corrected chi connectivity index (χ1v) is 8.37. The van der Waals surface area contributed by atoms with Gasteiger partial charge in [0.1, 0.15) is 5.75 Å². The van der Waals surface area contributed by atoms with Crippen molar-refractivity contribution >= 4 is 17.5 Å². The average Bonchev–Trinajstić information content (AvgIpc) is 2.94. The number of rotatable bonds is 5. The summed E-state index contributed by atoms with van der Waals surface area (Å²) < 4.78 is 5.50. The summed E-state index contributed by atoms with van der Waals surface area (Å²) in [7, 11) is 0. The van der Waals surface area contributed by atoms with Crippen LogP contribution in [0.5, 0.6) is 5.75 Å². The van der Waals surface area contributed by atoms with Crippen LogP contribution in [0.1, 0.15) is 17.5 Å². The van der Waals surface area contributed by atoms with Crippen molar-refractivity contribution in [2.24, 2.45) is 0 Å². The first kappa shape index (κ1) is 17.0. The zero-order valence-corrected chi connectivity index (χ0v) is 14.5. The second-order valence-corrected chi connectivity index (χ2v) is 6.41. The van der Waals surface area contributed by atoms with Gasteiger partial charge in [-0.1, -0.05) is 29.8 Å². The molecule has 0 bridgehead atoms. The van der Waals surface area contributed by atoms with E-state index < -0.39 is 0 Å². The highest BCUT2D eigenvalue weighted by Crippen LogP contribution is 2.22. The fraction of sp³-hybridized carbons (Fsp3) is 0.300. The lowest BCUT2D eigenvalue weighted by molar-refractivity contribution is -0.123. The van der Waals surface area contributed by atoms with Crippen LogP contribution >= 0.6 is 0 Å². The molecule has 3 rings (SSSR count). The molecule has 1 N–H and O–H groups in total. The Kier molecular flexibility index (Phi) is 5.03. The Morgan fingerprint density at radius 3 is 2.64 bits per heavy atom. The van der Waals surface area contributed by atoms with Gasteiger partial charge in [0.05, 0.1) is 6.04 Å². The number of carbonyl (C=O) groups is 2. The molecular formula is C20H22N2O3. The fourth-order valence-corrected chi connectivity index (χ4v) is 2.90. The molecule has 1 aliphatic heterocycles. The number of nitrogens with zero attached hydrogens (tertiary/aromatic N) is 1. The number of ether oxygens (including phenoxy) is 1. The molecule has 1 unspecified atom stereocenters. The minimum Gasteiger partial charge on any atom is -0.484 e. The number of nitrogens with one attached hydrogen (secondary N) is 1. The van der Waals surface area contributed by atoms with Crippen LogP contribution in [0, 0.1) is 13.8 Å². The predicted octanol–water partition coefficient (Wildman–Crippen LogP) is 2.60. The van der Waals surface area contributed by atoms with Gasteiger partial charge in [-0.25, -0.2) is 0 Å². The zero-order chi connectivity index (χ0) is 17.8. The lowest BCUT2D eigenvalue weighted by atomic mass is 10.2. The van der Waals surface area contributed by atoms with Crippen molar-refractivity contribution in [3.8, 4) is 5.75 Å². The lowest BCUT2D eigenvalue weighted by Gasteiger charge is -2.17. The minimum atomic E-state index is -0.218. The molecule has 1 fully saturated rings. The van der Waals surface area contributed by atoms with Crippen LogP contribution in [-0.2, 0) is 9.59 Å². The quantitative estimate of drug-likeness (QED) is 0.912. The molecule has 2 aromatic carbocycles. The molecule has 2 aromatic rings. The maximum absolute atomic E-state index is 12.2. The Hall–Kier alpha value is -2.82. The molecule has 130 valence electrons. The molecule has 5 nitrogen and oxygen atoms in total. The molecule has 0 aromatic heterocycles. The largest absolute Gasteiger partial charge is 0.484 e. The summed E-state index contributed by atoms with van der Waals surface area (Å²) in [5.41, 5.74) is 3.09. The zero-order valence-electron chi connectivity index (χ0n) is 14.5. The van der Waals surface area contributed by atoms with E-state index in [4.69, 9.17) is 4.74 Å². The topological polar surface area (TPSA) is 58.6 Å². The van der Waals surface area contributed by atoms with Gasteiger partial charge in [0, 0.05) is 18.7 Å². The standard InChI is InChI=1S/C20H22N2O3/c1-14-6-8-17(9-7-14)22-12-16(11-20(22)24)21-19(23)13-25-18-5-3-4-15(2)10-18/h3-10,16H,11-13H2,1-2H3,(H,21,23). The third-order valence-electron chi connectivity index (χ3n) is 4.20. The number of hydrogen-bond donors (Lipinski definition) is 1. The van der Waals surface area contributed by atoms with Gasteiger partial charge in [-0.2, -0.15) is 0 Å². The number of aryl methyl sites for hydroxylation is 2. The summed E-state index contributed by atoms with van der Waals surface area (Å²) in [5.74, 6) is 0.470. The van der Waals surface area contributed by atoms with E-state index in [1.165, 1.54) is 0 Å². The van der Waals surface area contributed by atoms with Gasteiger partial charge in [0.25, 0.3) is 5.91 Å². The molecule has 0 spiro atoms. The highest BCUT2D eigenvalue weighted by Gasteiger charge is 2.31. The van der Waals surface area contributed by atoms with Crippen molar-refractivity contribution in [2.75, 3.05) is 18.1 Å². The van der Waals surface area contributed by atoms with E-state index >= 15 is 0 Å². The maximum atomic E-state index is 12.2. The van der Waals surface area contributed by atoms with Gasteiger partial charge in [-0.15, -0.1) is 0 Å². The lowest BCUT2D eigenvalue weighted by Crippen LogP contribution is -2.39. The van der Waals surface area contributed by atoms with Gasteiger partial charge < -0.3 is 15.0 Å². The molecule has 25 heavy (non-hydrogen) atoms. The van der Waals surface area contributed by atoms with Gasteiger partial charge in [-0.05, 0) is 43.7 Å². The second-order valence-electron chi connectivity index (χ2n) is 6.41. The molecule has 1 saturated heterocycles. The third kappa shape index (κ3) is 4.38. The number of hydrogen-bond acceptors (Lipinski definition) is 3. The van der Waals surface area contributed by atoms with E-state index in [0.717, 1.165) is 16.8 Å². The number of carbonyl (C=O) groups excluding carboxylic acids is 2. The van der Waals surface area contributed by atoms with Crippen LogP contribution in [0.25, 0.3) is 0 Å². The average molecular weight is 338 g/mol. The minimum absolute atomic E-state index is 0.0220. The summed E-state index contributed by atoms with van der Waals surface area (Å²) in [5, 5.41) is 2.88. The highest BCUT2D eigenvalue weighted by molar-refractivity contribution is 5.96. The van der Waals surface area contributed by atoms with E-state index in [0.29, 0.717) is 18.7 Å². The Bertz CT molecular complexity index is 771. The molecule has 1 aliphatic rings. The van der Waals surface area contributed by atoms with Crippen molar-refractivity contribution in [3.63, 3.8) is 0 Å². The third-order valence-corrected chi connectivity index (χ3v) is 4.20. The van der Waals surface area contributed by atoms with Gasteiger partial charge in [-0.3, -0.25) is 9.59 Å². The SMILES string of the molecule is Cc1ccc(N2CC(NC(=O)COc3cccc(C)c3)CC2=O)cc1. The number of anilines is 1. The van der Waals surface area contributed by atoms with Crippen LogP contribution in [-0.4, -0.2) is 31.0 Å². The van der Waals surface area contributed by atoms with Crippen LogP contribution < -0.4 is 15.0 Å². The van der Waals surface area contributed by atoms with Crippen molar-refractivity contribution < 1.29 is 14.3 Å². The second kappa shape index (κ2) is 7.38. The van der Waals surface area contributed by atoms with Gasteiger partial charge >= 0.3 is 0 Å². The highest BCUT2D eigenvalue weighted by atomic mass is 16.5. The summed E-state index contributed by atoms with van der Waals surface area (Å²) in [6.07, 6.45) is 0.310. The van der Waals surface area contributed by atoms with Crippen molar-refractivity contribution in [2.45, 2.75) is 26.3 Å². The molecule has 0 aliphatic carbocycles. The summed E-state index contributed by atoms with van der Waals surface area (Å²) in [6.45, 7) is 4.40. The van der Waals surface area contributed by atoms with E-state index in [1.807, 2.05) is 62.4 Å². The Morgan fingerprint density at radius 1 is 1.16 bits per heavy atom. The molecule has 5 heteroatoms. The summed E-state index contributed by atoms with van der Waals surface area (Å²) in [4.78, 5) is 26.0. The van der Waals surface area contributed by atoms with Crippen LogP contribution in [0.4, 0.5) is 5.69 Å². The van der Waals surface area contributed by atoms with Crippen molar-refractivity contribution in [3.05, 3.63) is 59.7 Å². The maximum Gasteiger partial charge on any atom is 0.258 e. The Balaban J connectivity index is 1.52. The fourth-order valence-electron chi connectivity index (χ4n) is 2.90. The normalized spacial score (nSPS) is 16.8. The smallest absolute Gasteiger partial charge is 0.258 e. The van der Waals surface area contributed by atoms with E-state index in [1.54, 1.807) is 4.90 Å². The Labute approximate surface area is 147 Å². The van der Waals surface area contributed by atoms with E-state index in [9.17, 15) is 9.59 Å². The summed E-state index contributed by atoms with van der Waals surface area (Å²) >= 11 is 0. The van der Waals surface area contributed by atoms with E-state index in [-0.39, 0.29) is 24.5 Å². The first-order valence-electron chi connectivity index (χ1n) is 8.37. The molecule has 0 radical (unpaired) electrons. The number of benzene rings is 2. The monoisotopic (exact) mass is 338 g/mol.